The molecule has 0 aliphatic carbocycles. The summed E-state index contributed by atoms with van der Waals surface area (Å²) in [6, 6.07) is 4.09. The summed E-state index contributed by atoms with van der Waals surface area (Å²) in [5.74, 6) is 1.51. The van der Waals surface area contributed by atoms with Crippen LogP contribution in [0.5, 0.6) is 0 Å². The number of aromatic nitrogens is 1. The van der Waals surface area contributed by atoms with Crippen molar-refractivity contribution in [2.45, 2.75) is 45.8 Å². The van der Waals surface area contributed by atoms with Crippen molar-refractivity contribution in [2.75, 3.05) is 32.7 Å². The van der Waals surface area contributed by atoms with Crippen molar-refractivity contribution in [3.8, 4) is 0 Å². The van der Waals surface area contributed by atoms with E-state index in [4.69, 9.17) is 0 Å². The molecule has 1 atom stereocenters. The van der Waals surface area contributed by atoms with Gasteiger partial charge in [-0.2, -0.15) is 0 Å². The molecule has 0 amide bonds. The van der Waals surface area contributed by atoms with Crippen LogP contribution in [0.3, 0.4) is 0 Å². The number of hydrogen-bond donors (Lipinski definition) is 3. The molecular weight excluding hydrogens is 314 g/mol. The van der Waals surface area contributed by atoms with Gasteiger partial charge in [-0.1, -0.05) is 13.8 Å². The highest BCUT2D eigenvalue weighted by Gasteiger charge is 2.20. The fourth-order valence-corrected chi connectivity index (χ4v) is 3.16. The van der Waals surface area contributed by atoms with E-state index in [9.17, 15) is 5.11 Å². The van der Waals surface area contributed by atoms with E-state index in [0.717, 1.165) is 49.9 Å². The van der Waals surface area contributed by atoms with Crippen molar-refractivity contribution in [1.29, 1.82) is 0 Å². The molecule has 3 N–H and O–H groups in total. The van der Waals surface area contributed by atoms with Crippen LogP contribution in [0.25, 0.3) is 0 Å². The molecular formula is C19H33N5O. The van der Waals surface area contributed by atoms with E-state index < -0.39 is 6.10 Å². The van der Waals surface area contributed by atoms with Gasteiger partial charge in [0.1, 0.15) is 0 Å². The molecule has 1 saturated heterocycles. The fourth-order valence-electron chi connectivity index (χ4n) is 3.16. The molecule has 1 fully saturated rings. The zero-order chi connectivity index (χ0) is 18.1. The third kappa shape index (κ3) is 7.00. The zero-order valence-corrected chi connectivity index (χ0v) is 15.8. The van der Waals surface area contributed by atoms with Crippen molar-refractivity contribution < 1.29 is 5.11 Å². The van der Waals surface area contributed by atoms with Crippen LogP contribution in [0.2, 0.25) is 0 Å². The molecule has 0 radical (unpaired) electrons. The van der Waals surface area contributed by atoms with Crippen molar-refractivity contribution >= 4 is 5.96 Å². The Morgan fingerprint density at radius 1 is 1.32 bits per heavy atom. The van der Waals surface area contributed by atoms with Crippen LogP contribution in [0.1, 0.15) is 45.3 Å². The first-order chi connectivity index (χ1) is 12.1. The molecule has 2 heterocycles. The summed E-state index contributed by atoms with van der Waals surface area (Å²) in [4.78, 5) is 11.1. The third-order valence-electron chi connectivity index (χ3n) is 4.41. The maximum atomic E-state index is 10.3. The molecule has 1 aliphatic heterocycles. The Morgan fingerprint density at radius 2 is 2.00 bits per heavy atom. The summed E-state index contributed by atoms with van der Waals surface area (Å²) in [5.41, 5.74) is 0.844. The second kappa shape index (κ2) is 10.4. The van der Waals surface area contributed by atoms with Gasteiger partial charge in [-0.3, -0.25) is 9.98 Å². The van der Waals surface area contributed by atoms with Gasteiger partial charge in [-0.15, -0.1) is 0 Å². The standard InChI is InChI=1S/C19H33N5O/c1-4-21-19(22-13-18(25)16-5-9-20-10-6-16)23-17-7-11-24(12-8-17)14-15(2)3/h5-6,9-10,15,17-18,25H,4,7-8,11-14H2,1-3H3,(H2,21,22,23). The minimum atomic E-state index is -0.605. The van der Waals surface area contributed by atoms with Crippen LogP contribution < -0.4 is 10.6 Å². The summed E-state index contributed by atoms with van der Waals surface area (Å²) in [5, 5.41) is 17.1. The first kappa shape index (κ1) is 19.7. The van der Waals surface area contributed by atoms with Gasteiger partial charge in [0.15, 0.2) is 5.96 Å². The summed E-state index contributed by atoms with van der Waals surface area (Å²) in [6.45, 7) is 11.2. The van der Waals surface area contributed by atoms with Gasteiger partial charge in [0.2, 0.25) is 0 Å². The Bertz CT molecular complexity index is 512. The SMILES string of the molecule is CCNC(=NCC(O)c1ccncc1)NC1CCN(CC(C)C)CC1. The average molecular weight is 348 g/mol. The number of pyridine rings is 1. The number of nitrogens with one attached hydrogen (secondary N) is 2. The smallest absolute Gasteiger partial charge is 0.191 e. The largest absolute Gasteiger partial charge is 0.386 e. The quantitative estimate of drug-likeness (QED) is 0.518. The fraction of sp³-hybridized carbons (Fsp3) is 0.684. The van der Waals surface area contributed by atoms with Gasteiger partial charge >= 0.3 is 0 Å². The van der Waals surface area contributed by atoms with Gasteiger partial charge in [0, 0.05) is 44.6 Å². The highest BCUT2D eigenvalue weighted by molar-refractivity contribution is 5.80. The lowest BCUT2D eigenvalue weighted by molar-refractivity contribution is 0.184. The Morgan fingerprint density at radius 3 is 2.60 bits per heavy atom. The van der Waals surface area contributed by atoms with Crippen LogP contribution >= 0.6 is 0 Å². The average Bonchev–Trinajstić information content (AvgIpc) is 2.61. The van der Waals surface area contributed by atoms with Crippen LogP contribution in [0, 0.1) is 5.92 Å². The Labute approximate surface area is 151 Å². The summed E-state index contributed by atoms with van der Waals surface area (Å²) < 4.78 is 0. The predicted molar refractivity (Wildman–Crippen MR) is 103 cm³/mol. The number of likely N-dealkylation sites (tertiary alicyclic amines) is 1. The van der Waals surface area contributed by atoms with E-state index in [0.29, 0.717) is 12.6 Å². The lowest BCUT2D eigenvalue weighted by Gasteiger charge is -2.34. The van der Waals surface area contributed by atoms with Crippen molar-refractivity contribution in [1.82, 2.24) is 20.5 Å². The van der Waals surface area contributed by atoms with Crippen molar-refractivity contribution in [2.24, 2.45) is 10.9 Å². The highest BCUT2D eigenvalue weighted by atomic mass is 16.3. The molecule has 0 spiro atoms. The number of rotatable bonds is 7. The zero-order valence-electron chi connectivity index (χ0n) is 15.8. The maximum Gasteiger partial charge on any atom is 0.191 e. The van der Waals surface area contributed by atoms with Crippen LogP contribution in [0.4, 0.5) is 0 Å². The lowest BCUT2D eigenvalue weighted by Crippen LogP contribution is -2.49. The lowest BCUT2D eigenvalue weighted by atomic mass is 10.0. The minimum Gasteiger partial charge on any atom is -0.386 e. The van der Waals surface area contributed by atoms with Crippen LogP contribution in [-0.2, 0) is 0 Å². The molecule has 6 heteroatoms. The van der Waals surface area contributed by atoms with Crippen LogP contribution in [0.15, 0.2) is 29.5 Å². The summed E-state index contributed by atoms with van der Waals surface area (Å²) in [7, 11) is 0. The van der Waals surface area contributed by atoms with Crippen LogP contribution in [-0.4, -0.2) is 59.7 Å². The monoisotopic (exact) mass is 347 g/mol. The number of nitrogens with zero attached hydrogens (tertiary/aromatic N) is 3. The van der Waals surface area contributed by atoms with E-state index in [2.05, 4.69) is 46.3 Å². The molecule has 0 bridgehead atoms. The molecule has 2 rings (SSSR count). The van der Waals surface area contributed by atoms with Crippen molar-refractivity contribution in [3.63, 3.8) is 0 Å². The molecule has 25 heavy (non-hydrogen) atoms. The normalized spacial score (nSPS) is 18.4. The summed E-state index contributed by atoms with van der Waals surface area (Å²) in [6.07, 6.45) is 5.04. The molecule has 1 aliphatic rings. The number of aliphatic hydroxyl groups excluding tert-OH is 1. The van der Waals surface area contributed by atoms with Gasteiger partial charge < -0.3 is 20.6 Å². The van der Waals surface area contributed by atoms with Gasteiger partial charge in [0.25, 0.3) is 0 Å². The van der Waals surface area contributed by atoms with E-state index in [1.807, 2.05) is 12.1 Å². The highest BCUT2D eigenvalue weighted by Crippen LogP contribution is 2.13. The van der Waals surface area contributed by atoms with Crippen molar-refractivity contribution in [3.05, 3.63) is 30.1 Å². The molecule has 0 saturated carbocycles. The van der Waals surface area contributed by atoms with E-state index in [-0.39, 0.29) is 0 Å². The first-order valence-electron chi connectivity index (χ1n) is 9.43. The summed E-state index contributed by atoms with van der Waals surface area (Å²) >= 11 is 0. The number of aliphatic imine (C=N–C) groups is 1. The van der Waals surface area contributed by atoms with E-state index >= 15 is 0 Å². The van der Waals surface area contributed by atoms with Gasteiger partial charge in [0.05, 0.1) is 12.6 Å². The van der Waals surface area contributed by atoms with Gasteiger partial charge in [-0.05, 0) is 43.4 Å². The topological polar surface area (TPSA) is 72.8 Å². The molecule has 1 aromatic rings. The maximum absolute atomic E-state index is 10.3. The molecule has 1 aromatic heterocycles. The molecule has 6 nitrogen and oxygen atoms in total. The molecule has 1 unspecified atom stereocenters. The molecule has 0 aromatic carbocycles. The Hall–Kier alpha value is -1.66. The Balaban J connectivity index is 1.84. The number of hydrogen-bond acceptors (Lipinski definition) is 4. The minimum absolute atomic E-state index is 0.339. The van der Waals surface area contributed by atoms with E-state index in [1.54, 1.807) is 12.4 Å². The van der Waals surface area contributed by atoms with Gasteiger partial charge in [-0.25, -0.2) is 0 Å². The molecule has 140 valence electrons. The number of guanidine groups is 1. The Kier molecular flexibility index (Phi) is 8.15. The third-order valence-corrected chi connectivity index (χ3v) is 4.41. The van der Waals surface area contributed by atoms with E-state index in [1.165, 1.54) is 6.54 Å². The second-order valence-electron chi connectivity index (χ2n) is 7.13. The number of aliphatic hydroxyl groups is 1. The first-order valence-corrected chi connectivity index (χ1v) is 9.43. The second-order valence-corrected chi connectivity index (χ2v) is 7.13. The number of piperidine rings is 1. The predicted octanol–water partition coefficient (Wildman–Crippen LogP) is 1.79.